The smallest absolute Gasteiger partial charge is 0.356 e. The molecule has 12 heteroatoms. The highest BCUT2D eigenvalue weighted by Gasteiger charge is 2.37. The number of fused-ring (bicyclic) bond motifs is 1. The van der Waals surface area contributed by atoms with E-state index in [4.69, 9.17) is 4.98 Å². The monoisotopic (exact) mass is 665 g/mol. The Morgan fingerprint density at radius 3 is 2.07 bits per heavy atom. The van der Waals surface area contributed by atoms with Gasteiger partial charge in [-0.3, -0.25) is 0 Å². The summed E-state index contributed by atoms with van der Waals surface area (Å²) in [4.78, 5) is 17.6. The van der Waals surface area contributed by atoms with Gasteiger partial charge in [-0.2, -0.15) is 26.3 Å². The fourth-order valence-corrected chi connectivity index (χ4v) is 5.60. The molecule has 0 N–H and O–H groups in total. The number of benzene rings is 2. The Hall–Kier alpha value is -3.41. The topological polar surface area (TPSA) is 45.2 Å². The van der Waals surface area contributed by atoms with Crippen LogP contribution < -0.4 is 9.80 Å². The fourth-order valence-electron chi connectivity index (χ4n) is 5.39. The molecule has 2 heterocycles. The zero-order chi connectivity index (χ0) is 30.9. The van der Waals surface area contributed by atoms with E-state index in [2.05, 4.69) is 30.8 Å². The quantitative estimate of drug-likeness (QED) is 0.167. The standard InChI is InChI=1S/C31H30BrF6N5/c1-3-42(16-20-7-6-8-20)28-26(19(2)25-9-4-5-10-27(25)41-28)18-43(29-39-14-24(32)15-40-29)17-21-11-22(30(33,34)35)13-23(12-21)31(36,37)38/h4-5,9-15,20H,3,6-8,16-18H2,1-2H3. The van der Waals surface area contributed by atoms with Gasteiger partial charge in [-0.05, 0) is 83.9 Å². The molecule has 1 aliphatic carbocycles. The molecular weight excluding hydrogens is 636 g/mol. The van der Waals surface area contributed by atoms with E-state index in [1.165, 1.54) is 18.8 Å². The Bertz CT molecular complexity index is 1550. The number of aromatic nitrogens is 3. The number of para-hydroxylation sites is 1. The van der Waals surface area contributed by atoms with Gasteiger partial charge in [-0.15, -0.1) is 0 Å². The Morgan fingerprint density at radius 2 is 1.51 bits per heavy atom. The van der Waals surface area contributed by atoms with Gasteiger partial charge in [0.2, 0.25) is 5.95 Å². The van der Waals surface area contributed by atoms with Crippen molar-refractivity contribution in [3.05, 3.63) is 87.1 Å². The first-order chi connectivity index (χ1) is 20.3. The molecule has 0 amide bonds. The second-order valence-electron chi connectivity index (χ2n) is 10.9. The molecule has 0 atom stereocenters. The van der Waals surface area contributed by atoms with Gasteiger partial charge in [0.1, 0.15) is 5.82 Å². The second-order valence-corrected chi connectivity index (χ2v) is 11.8. The van der Waals surface area contributed by atoms with E-state index in [0.717, 1.165) is 59.4 Å². The maximum Gasteiger partial charge on any atom is 0.416 e. The molecule has 0 spiro atoms. The Morgan fingerprint density at radius 1 is 0.884 bits per heavy atom. The average molecular weight is 667 g/mol. The van der Waals surface area contributed by atoms with E-state index in [1.54, 1.807) is 4.90 Å². The molecule has 0 unspecified atom stereocenters. The predicted octanol–water partition coefficient (Wildman–Crippen LogP) is 8.97. The molecule has 2 aromatic carbocycles. The van der Waals surface area contributed by atoms with Gasteiger partial charge in [-0.25, -0.2) is 15.0 Å². The normalized spacial score (nSPS) is 14.2. The van der Waals surface area contributed by atoms with Crippen LogP contribution in [0.1, 0.15) is 54.0 Å². The van der Waals surface area contributed by atoms with E-state index in [0.29, 0.717) is 16.9 Å². The molecule has 2 aromatic heterocycles. The summed E-state index contributed by atoms with van der Waals surface area (Å²) in [6.45, 7) is 5.32. The highest BCUT2D eigenvalue weighted by molar-refractivity contribution is 9.10. The number of alkyl halides is 6. The van der Waals surface area contributed by atoms with Gasteiger partial charge in [0.25, 0.3) is 0 Å². The van der Waals surface area contributed by atoms with Crippen LogP contribution in [-0.4, -0.2) is 28.0 Å². The zero-order valence-electron chi connectivity index (χ0n) is 23.6. The molecule has 1 saturated carbocycles. The molecule has 0 bridgehead atoms. The van der Waals surface area contributed by atoms with Crippen molar-refractivity contribution in [2.45, 2.75) is 58.6 Å². The second kappa shape index (κ2) is 12.3. The van der Waals surface area contributed by atoms with Gasteiger partial charge in [0, 0.05) is 43.0 Å². The van der Waals surface area contributed by atoms with Crippen molar-refractivity contribution in [1.82, 2.24) is 15.0 Å². The van der Waals surface area contributed by atoms with Crippen LogP contribution in [-0.2, 0) is 25.4 Å². The Labute approximate surface area is 254 Å². The van der Waals surface area contributed by atoms with Crippen LogP contribution in [0.25, 0.3) is 10.9 Å². The van der Waals surface area contributed by atoms with Gasteiger partial charge >= 0.3 is 12.4 Å². The number of halogens is 7. The van der Waals surface area contributed by atoms with Crippen molar-refractivity contribution in [2.75, 3.05) is 22.9 Å². The molecule has 0 aliphatic heterocycles. The minimum Gasteiger partial charge on any atom is -0.356 e. The molecular formula is C31H30BrF6N5. The lowest BCUT2D eigenvalue weighted by Crippen LogP contribution is -2.35. The average Bonchev–Trinajstić information content (AvgIpc) is 2.93. The van der Waals surface area contributed by atoms with Crippen LogP contribution in [0.15, 0.2) is 59.3 Å². The zero-order valence-corrected chi connectivity index (χ0v) is 25.2. The SMILES string of the molecule is CCN(CC1CCC1)c1nc2ccccc2c(C)c1CN(Cc1cc(C(F)(F)F)cc(C(F)(F)F)c1)c1ncc(Br)cn1. The lowest BCUT2D eigenvalue weighted by molar-refractivity contribution is -0.143. The summed E-state index contributed by atoms with van der Waals surface area (Å²) in [5, 5.41) is 0.913. The van der Waals surface area contributed by atoms with E-state index < -0.39 is 23.5 Å². The predicted molar refractivity (Wildman–Crippen MR) is 158 cm³/mol. The molecule has 43 heavy (non-hydrogen) atoms. The highest BCUT2D eigenvalue weighted by atomic mass is 79.9. The number of hydrogen-bond donors (Lipinski definition) is 0. The maximum absolute atomic E-state index is 13.7. The molecule has 5 nitrogen and oxygen atoms in total. The first kappa shape index (κ1) is 31.0. The maximum atomic E-state index is 13.7. The number of hydrogen-bond acceptors (Lipinski definition) is 5. The van der Waals surface area contributed by atoms with Gasteiger partial charge in [0.05, 0.1) is 27.7 Å². The summed E-state index contributed by atoms with van der Waals surface area (Å²) in [7, 11) is 0. The lowest BCUT2D eigenvalue weighted by Gasteiger charge is -2.35. The van der Waals surface area contributed by atoms with Crippen molar-refractivity contribution in [1.29, 1.82) is 0 Å². The fraction of sp³-hybridized carbons (Fsp3) is 0.387. The molecule has 1 fully saturated rings. The first-order valence-corrected chi connectivity index (χ1v) is 14.8. The largest absolute Gasteiger partial charge is 0.416 e. The van der Waals surface area contributed by atoms with Crippen molar-refractivity contribution in [3.8, 4) is 0 Å². The number of rotatable bonds is 9. The van der Waals surface area contributed by atoms with Crippen LogP contribution in [0, 0.1) is 12.8 Å². The van der Waals surface area contributed by atoms with Gasteiger partial charge in [0.15, 0.2) is 0 Å². The molecule has 1 aliphatic rings. The molecule has 0 saturated heterocycles. The van der Waals surface area contributed by atoms with Crippen molar-refractivity contribution in [3.63, 3.8) is 0 Å². The number of pyridine rings is 1. The molecule has 5 rings (SSSR count). The summed E-state index contributed by atoms with van der Waals surface area (Å²) in [6.07, 6.45) is -3.48. The van der Waals surface area contributed by atoms with E-state index in [9.17, 15) is 26.3 Å². The Balaban J connectivity index is 1.63. The lowest BCUT2D eigenvalue weighted by atomic mass is 9.85. The van der Waals surface area contributed by atoms with E-state index >= 15 is 0 Å². The minimum atomic E-state index is -4.95. The summed E-state index contributed by atoms with van der Waals surface area (Å²) >= 11 is 3.29. The summed E-state index contributed by atoms with van der Waals surface area (Å²) in [5.41, 5.74) is -0.343. The first-order valence-electron chi connectivity index (χ1n) is 14.0. The number of anilines is 2. The van der Waals surface area contributed by atoms with Crippen molar-refractivity contribution < 1.29 is 26.3 Å². The molecule has 4 aromatic rings. The number of aryl methyl sites for hydroxylation is 1. The summed E-state index contributed by atoms with van der Waals surface area (Å²) < 4.78 is 82.7. The van der Waals surface area contributed by atoms with Crippen LogP contribution in [0.4, 0.5) is 38.1 Å². The van der Waals surface area contributed by atoms with Crippen LogP contribution >= 0.6 is 15.9 Å². The van der Waals surface area contributed by atoms with E-state index in [-0.39, 0.29) is 30.7 Å². The van der Waals surface area contributed by atoms with Gasteiger partial charge in [-0.1, -0.05) is 24.6 Å². The third kappa shape index (κ3) is 7.05. The number of nitrogens with zero attached hydrogens (tertiary/aromatic N) is 5. The van der Waals surface area contributed by atoms with Crippen molar-refractivity contribution in [2.24, 2.45) is 5.92 Å². The van der Waals surface area contributed by atoms with Gasteiger partial charge < -0.3 is 9.80 Å². The van der Waals surface area contributed by atoms with Crippen molar-refractivity contribution >= 4 is 38.6 Å². The van der Waals surface area contributed by atoms with E-state index in [1.807, 2.05) is 38.1 Å². The Kier molecular flexibility index (Phi) is 8.87. The third-order valence-corrected chi connectivity index (χ3v) is 8.31. The van der Waals surface area contributed by atoms with Crippen LogP contribution in [0.3, 0.4) is 0 Å². The third-order valence-electron chi connectivity index (χ3n) is 7.90. The van der Waals surface area contributed by atoms with Crippen LogP contribution in [0.5, 0.6) is 0 Å². The minimum absolute atomic E-state index is 0.111. The van der Waals surface area contributed by atoms with Crippen LogP contribution in [0.2, 0.25) is 0 Å². The molecule has 0 radical (unpaired) electrons. The molecule has 228 valence electrons. The summed E-state index contributed by atoms with van der Waals surface area (Å²) in [6, 6.07) is 9.35. The summed E-state index contributed by atoms with van der Waals surface area (Å²) in [5.74, 6) is 1.45. The highest BCUT2D eigenvalue weighted by Crippen LogP contribution is 2.38.